The van der Waals surface area contributed by atoms with Gasteiger partial charge in [0.1, 0.15) is 5.82 Å². The Labute approximate surface area is 154 Å². The molecule has 1 N–H and O–H groups in total. The fourth-order valence-electron chi connectivity index (χ4n) is 4.02. The van der Waals surface area contributed by atoms with Gasteiger partial charge in [0.15, 0.2) is 0 Å². The van der Waals surface area contributed by atoms with E-state index in [1.165, 1.54) is 0 Å². The van der Waals surface area contributed by atoms with Crippen molar-refractivity contribution in [2.45, 2.75) is 31.3 Å². The summed E-state index contributed by atoms with van der Waals surface area (Å²) in [6.07, 6.45) is 4.77. The minimum atomic E-state index is 0.0914. The Hall–Kier alpha value is -1.70. The van der Waals surface area contributed by atoms with Crippen LogP contribution in [0.1, 0.15) is 29.6 Å². The van der Waals surface area contributed by atoms with Crippen LogP contribution in [0, 0.1) is 0 Å². The third-order valence-electron chi connectivity index (χ3n) is 5.61. The van der Waals surface area contributed by atoms with Gasteiger partial charge >= 0.3 is 0 Å². The summed E-state index contributed by atoms with van der Waals surface area (Å²) in [5, 5.41) is 3.35. The zero-order valence-electron chi connectivity index (χ0n) is 15.2. The van der Waals surface area contributed by atoms with E-state index < -0.39 is 0 Å². The first-order valence-corrected chi connectivity index (χ1v) is 9.71. The number of carbonyl (C=O) groups excluding carboxylic acids is 1. The van der Waals surface area contributed by atoms with Crippen molar-refractivity contribution >= 4 is 11.7 Å². The summed E-state index contributed by atoms with van der Waals surface area (Å²) in [6.45, 7) is 6.86. The summed E-state index contributed by atoms with van der Waals surface area (Å²) in [5.74, 6) is 0.900. The molecule has 0 aliphatic carbocycles. The van der Waals surface area contributed by atoms with E-state index in [0.717, 1.165) is 77.7 Å². The second kappa shape index (κ2) is 8.33. The van der Waals surface area contributed by atoms with Gasteiger partial charge in [-0.05, 0) is 31.4 Å². The quantitative estimate of drug-likeness (QED) is 0.871. The van der Waals surface area contributed by atoms with Crippen LogP contribution in [0.15, 0.2) is 18.3 Å². The highest BCUT2D eigenvalue weighted by atomic mass is 16.5. The first-order chi connectivity index (χ1) is 12.8. The van der Waals surface area contributed by atoms with Gasteiger partial charge in [0, 0.05) is 45.0 Å². The number of nitrogens with one attached hydrogen (secondary N) is 1. The van der Waals surface area contributed by atoms with Gasteiger partial charge in [0.2, 0.25) is 0 Å². The minimum absolute atomic E-state index is 0.0914. The Bertz CT molecular complexity index is 589. The van der Waals surface area contributed by atoms with Gasteiger partial charge in [0.25, 0.3) is 5.91 Å². The number of anilines is 1. The molecule has 26 heavy (non-hydrogen) atoms. The van der Waals surface area contributed by atoms with Crippen LogP contribution >= 0.6 is 0 Å². The number of hydrogen-bond donors (Lipinski definition) is 1. The summed E-state index contributed by atoms with van der Waals surface area (Å²) in [5.41, 5.74) is 0.669. The van der Waals surface area contributed by atoms with Gasteiger partial charge in [0.05, 0.1) is 31.4 Å². The molecule has 3 saturated heterocycles. The number of carbonyl (C=O) groups is 1. The molecule has 0 aromatic carbocycles. The normalized spacial score (nSPS) is 25.4. The van der Waals surface area contributed by atoms with Crippen LogP contribution in [0.25, 0.3) is 0 Å². The molecule has 0 bridgehead atoms. The Morgan fingerprint density at radius 3 is 2.50 bits per heavy atom. The fraction of sp³-hybridized carbons (Fsp3) is 0.684. The maximum Gasteiger partial charge on any atom is 0.255 e. The van der Waals surface area contributed by atoms with Gasteiger partial charge < -0.3 is 19.7 Å². The van der Waals surface area contributed by atoms with Gasteiger partial charge in [-0.3, -0.25) is 9.69 Å². The third kappa shape index (κ3) is 4.16. The number of nitrogens with zero attached hydrogens (tertiary/aromatic N) is 3. The fourth-order valence-corrected chi connectivity index (χ4v) is 4.02. The summed E-state index contributed by atoms with van der Waals surface area (Å²) in [4.78, 5) is 21.6. The van der Waals surface area contributed by atoms with Crippen molar-refractivity contribution in [1.29, 1.82) is 0 Å². The number of rotatable bonds is 4. The number of ether oxygens (including phenoxy) is 2. The SMILES string of the molecule is O=C(c1ccc(N[C@@H]2CCOC2)nc1)N1CCC(N2CCOCC2)CC1. The Balaban J connectivity index is 1.28. The monoisotopic (exact) mass is 360 g/mol. The smallest absolute Gasteiger partial charge is 0.255 e. The zero-order valence-corrected chi connectivity index (χ0v) is 15.2. The van der Waals surface area contributed by atoms with Crippen LogP contribution in [0.2, 0.25) is 0 Å². The van der Waals surface area contributed by atoms with E-state index in [0.29, 0.717) is 17.6 Å². The second-order valence-electron chi connectivity index (χ2n) is 7.31. The lowest BCUT2D eigenvalue weighted by atomic mass is 10.0. The summed E-state index contributed by atoms with van der Waals surface area (Å²) >= 11 is 0. The molecule has 0 saturated carbocycles. The number of hydrogen-bond acceptors (Lipinski definition) is 6. The number of aromatic nitrogens is 1. The van der Waals surface area contributed by atoms with Crippen LogP contribution in [-0.4, -0.2) is 85.4 Å². The van der Waals surface area contributed by atoms with E-state index in [-0.39, 0.29) is 5.91 Å². The lowest BCUT2D eigenvalue weighted by molar-refractivity contribution is 0.00158. The van der Waals surface area contributed by atoms with E-state index >= 15 is 0 Å². The van der Waals surface area contributed by atoms with Crippen LogP contribution < -0.4 is 5.32 Å². The minimum Gasteiger partial charge on any atom is -0.379 e. The lowest BCUT2D eigenvalue weighted by Gasteiger charge is -2.40. The molecule has 7 nitrogen and oxygen atoms in total. The molecule has 1 atom stereocenters. The molecular weight excluding hydrogens is 332 g/mol. The summed E-state index contributed by atoms with van der Waals surface area (Å²) in [6, 6.07) is 4.68. The molecular formula is C19H28N4O3. The molecule has 1 amide bonds. The predicted molar refractivity (Wildman–Crippen MR) is 98.4 cm³/mol. The lowest BCUT2D eigenvalue weighted by Crippen LogP contribution is -2.50. The molecule has 4 rings (SSSR count). The molecule has 1 aromatic heterocycles. The molecule has 1 aromatic rings. The van der Waals surface area contributed by atoms with E-state index in [2.05, 4.69) is 15.2 Å². The average molecular weight is 360 g/mol. The number of amides is 1. The molecule has 0 spiro atoms. The van der Waals surface area contributed by atoms with Crippen molar-refractivity contribution in [1.82, 2.24) is 14.8 Å². The van der Waals surface area contributed by atoms with Crippen molar-refractivity contribution in [2.24, 2.45) is 0 Å². The number of pyridine rings is 1. The Morgan fingerprint density at radius 2 is 1.85 bits per heavy atom. The highest BCUT2D eigenvalue weighted by Gasteiger charge is 2.28. The predicted octanol–water partition coefficient (Wildman–Crippen LogP) is 1.22. The van der Waals surface area contributed by atoms with Crippen molar-refractivity contribution in [2.75, 3.05) is 57.9 Å². The van der Waals surface area contributed by atoms with E-state index in [1.807, 2.05) is 17.0 Å². The number of piperidine rings is 1. The van der Waals surface area contributed by atoms with E-state index in [1.54, 1.807) is 6.20 Å². The van der Waals surface area contributed by atoms with Gasteiger partial charge in [-0.15, -0.1) is 0 Å². The second-order valence-corrected chi connectivity index (χ2v) is 7.31. The van der Waals surface area contributed by atoms with E-state index in [9.17, 15) is 4.79 Å². The van der Waals surface area contributed by atoms with Gasteiger partial charge in [-0.2, -0.15) is 0 Å². The topological polar surface area (TPSA) is 66.9 Å². The van der Waals surface area contributed by atoms with Crippen LogP contribution in [0.5, 0.6) is 0 Å². The molecule has 3 aliphatic rings. The standard InChI is InChI=1S/C19H28N4O3/c24-19(15-1-2-18(20-13-15)21-16-5-10-26-14-16)23-6-3-17(4-7-23)22-8-11-25-12-9-22/h1-2,13,16-17H,3-12,14H2,(H,20,21)/t16-/m1/s1. The maximum atomic E-state index is 12.8. The Kier molecular flexibility index (Phi) is 5.67. The van der Waals surface area contributed by atoms with Crippen molar-refractivity contribution < 1.29 is 14.3 Å². The highest BCUT2D eigenvalue weighted by molar-refractivity contribution is 5.94. The molecule has 142 valence electrons. The summed E-state index contributed by atoms with van der Waals surface area (Å²) in [7, 11) is 0. The van der Waals surface area contributed by atoms with Crippen molar-refractivity contribution in [3.05, 3.63) is 23.9 Å². The van der Waals surface area contributed by atoms with Gasteiger partial charge in [-0.1, -0.05) is 0 Å². The number of likely N-dealkylation sites (tertiary alicyclic amines) is 1. The van der Waals surface area contributed by atoms with Crippen molar-refractivity contribution in [3.8, 4) is 0 Å². The molecule has 4 heterocycles. The van der Waals surface area contributed by atoms with Crippen LogP contribution in [0.3, 0.4) is 0 Å². The van der Waals surface area contributed by atoms with Crippen LogP contribution in [0.4, 0.5) is 5.82 Å². The van der Waals surface area contributed by atoms with Crippen LogP contribution in [-0.2, 0) is 9.47 Å². The highest BCUT2D eigenvalue weighted by Crippen LogP contribution is 2.20. The first kappa shape index (κ1) is 17.7. The van der Waals surface area contributed by atoms with Gasteiger partial charge in [-0.25, -0.2) is 4.98 Å². The van der Waals surface area contributed by atoms with Crippen molar-refractivity contribution in [3.63, 3.8) is 0 Å². The zero-order chi connectivity index (χ0) is 17.8. The first-order valence-electron chi connectivity index (χ1n) is 9.71. The van der Waals surface area contributed by atoms with E-state index in [4.69, 9.17) is 9.47 Å². The molecule has 0 unspecified atom stereocenters. The number of morpholine rings is 1. The molecule has 7 heteroatoms. The summed E-state index contributed by atoms with van der Waals surface area (Å²) < 4.78 is 10.8. The Morgan fingerprint density at radius 1 is 1.04 bits per heavy atom. The average Bonchev–Trinajstić information content (AvgIpc) is 3.22. The molecule has 0 radical (unpaired) electrons. The largest absolute Gasteiger partial charge is 0.379 e. The maximum absolute atomic E-state index is 12.8. The third-order valence-corrected chi connectivity index (χ3v) is 5.61. The molecule has 3 fully saturated rings. The molecule has 3 aliphatic heterocycles.